The Kier molecular flexibility index (Phi) is 3.08. The van der Waals surface area contributed by atoms with Crippen LogP contribution in [-0.4, -0.2) is 20.3 Å². The zero-order valence-electron chi connectivity index (χ0n) is 10.4. The van der Waals surface area contributed by atoms with Gasteiger partial charge in [-0.2, -0.15) is 15.3 Å². The van der Waals surface area contributed by atoms with Gasteiger partial charge in [0, 0.05) is 10.0 Å². The summed E-state index contributed by atoms with van der Waals surface area (Å²) < 4.78 is 6.08. The molecule has 98 valence electrons. The van der Waals surface area contributed by atoms with Gasteiger partial charge in [0.15, 0.2) is 0 Å². The van der Waals surface area contributed by atoms with Crippen LogP contribution in [0.1, 0.15) is 11.3 Å². The molecule has 2 heterocycles. The van der Waals surface area contributed by atoms with Crippen LogP contribution in [0.3, 0.4) is 0 Å². The monoisotopic (exact) mass is 329 g/mol. The molecule has 0 amide bonds. The van der Waals surface area contributed by atoms with Crippen molar-refractivity contribution in [2.45, 2.75) is 6.92 Å². The third kappa shape index (κ3) is 2.10. The summed E-state index contributed by atoms with van der Waals surface area (Å²) in [5.74, 6) is 0.717. The van der Waals surface area contributed by atoms with Gasteiger partial charge < -0.3 is 4.52 Å². The summed E-state index contributed by atoms with van der Waals surface area (Å²) in [6.07, 6.45) is 1.49. The Bertz CT molecular complexity index is 814. The van der Waals surface area contributed by atoms with Crippen molar-refractivity contribution in [2.75, 3.05) is 0 Å². The highest BCUT2D eigenvalue weighted by Gasteiger charge is 2.17. The first-order valence-electron chi connectivity index (χ1n) is 5.73. The highest BCUT2D eigenvalue weighted by atomic mass is 79.9. The van der Waals surface area contributed by atoms with Crippen molar-refractivity contribution >= 4 is 15.9 Å². The van der Waals surface area contributed by atoms with Crippen molar-refractivity contribution < 1.29 is 4.52 Å². The van der Waals surface area contributed by atoms with Gasteiger partial charge in [0.2, 0.25) is 5.82 Å². The van der Waals surface area contributed by atoms with Gasteiger partial charge in [-0.15, -0.1) is 0 Å². The lowest BCUT2D eigenvalue weighted by atomic mass is 10.1. The molecule has 0 fully saturated rings. The van der Waals surface area contributed by atoms with Crippen LogP contribution in [0, 0.1) is 18.3 Å². The molecule has 0 saturated heterocycles. The van der Waals surface area contributed by atoms with E-state index in [4.69, 9.17) is 9.78 Å². The summed E-state index contributed by atoms with van der Waals surface area (Å²) in [4.78, 5) is 4.30. The Morgan fingerprint density at radius 3 is 2.95 bits per heavy atom. The minimum absolute atomic E-state index is 0.262. The van der Waals surface area contributed by atoms with Gasteiger partial charge in [-0.1, -0.05) is 27.2 Å². The second-order valence-electron chi connectivity index (χ2n) is 4.18. The first-order chi connectivity index (χ1) is 9.69. The Morgan fingerprint density at radius 2 is 2.20 bits per heavy atom. The smallest absolute Gasteiger partial charge is 0.262 e. The third-order valence-corrected chi connectivity index (χ3v) is 3.43. The number of nitrogens with one attached hydrogen (secondary N) is 1. The number of halogens is 1. The number of aromatic nitrogens is 4. The van der Waals surface area contributed by atoms with E-state index in [0.29, 0.717) is 17.1 Å². The first kappa shape index (κ1) is 12.6. The average molecular weight is 330 g/mol. The fraction of sp³-hybridized carbons (Fsp3) is 0.0769. The van der Waals surface area contributed by atoms with Crippen molar-refractivity contribution in [1.82, 2.24) is 20.3 Å². The molecule has 0 bridgehead atoms. The van der Waals surface area contributed by atoms with E-state index in [1.807, 2.05) is 31.2 Å². The maximum atomic E-state index is 8.95. The number of hydrogen-bond donors (Lipinski definition) is 1. The molecule has 0 saturated carbocycles. The van der Waals surface area contributed by atoms with Crippen molar-refractivity contribution in [3.63, 3.8) is 0 Å². The fourth-order valence-corrected chi connectivity index (χ4v) is 2.45. The number of rotatable bonds is 2. The summed E-state index contributed by atoms with van der Waals surface area (Å²) in [6.45, 7) is 2.00. The van der Waals surface area contributed by atoms with Crippen molar-refractivity contribution in [2.24, 2.45) is 0 Å². The van der Waals surface area contributed by atoms with Gasteiger partial charge in [0.25, 0.3) is 5.89 Å². The average Bonchev–Trinajstić information content (AvgIpc) is 3.06. The molecular weight excluding hydrogens is 322 g/mol. The molecule has 0 atom stereocenters. The van der Waals surface area contributed by atoms with Gasteiger partial charge in [-0.3, -0.25) is 5.10 Å². The molecule has 0 aliphatic heterocycles. The second kappa shape index (κ2) is 4.90. The van der Waals surface area contributed by atoms with Crippen LogP contribution in [0.5, 0.6) is 0 Å². The SMILES string of the molecule is Cc1ccc(-c2noc(-c3cn[nH]c3C#N)n2)c(Br)c1. The van der Waals surface area contributed by atoms with E-state index in [1.54, 1.807) is 0 Å². The Hall–Kier alpha value is -2.46. The van der Waals surface area contributed by atoms with Crippen LogP contribution in [-0.2, 0) is 0 Å². The van der Waals surface area contributed by atoms with Gasteiger partial charge in [-0.05, 0) is 24.6 Å². The van der Waals surface area contributed by atoms with E-state index in [2.05, 4.69) is 36.3 Å². The van der Waals surface area contributed by atoms with Gasteiger partial charge in [-0.25, -0.2) is 0 Å². The molecule has 7 heteroatoms. The number of benzene rings is 1. The zero-order valence-corrected chi connectivity index (χ0v) is 12.0. The van der Waals surface area contributed by atoms with Gasteiger partial charge >= 0.3 is 0 Å². The Morgan fingerprint density at radius 1 is 1.35 bits per heavy atom. The topological polar surface area (TPSA) is 91.4 Å². The van der Waals surface area contributed by atoms with Crippen LogP contribution in [0.25, 0.3) is 22.8 Å². The summed E-state index contributed by atoms with van der Waals surface area (Å²) in [5, 5.41) is 19.3. The van der Waals surface area contributed by atoms with Crippen molar-refractivity contribution in [3.8, 4) is 28.9 Å². The largest absolute Gasteiger partial charge is 0.333 e. The predicted molar refractivity (Wildman–Crippen MR) is 74.5 cm³/mol. The number of H-pyrrole nitrogens is 1. The lowest BCUT2D eigenvalue weighted by Gasteiger charge is -1.99. The molecular formula is C13H8BrN5O. The van der Waals surface area contributed by atoms with E-state index >= 15 is 0 Å². The molecule has 0 aliphatic rings. The highest BCUT2D eigenvalue weighted by Crippen LogP contribution is 2.29. The minimum Gasteiger partial charge on any atom is -0.333 e. The van der Waals surface area contributed by atoms with E-state index in [0.717, 1.165) is 15.6 Å². The van der Waals surface area contributed by atoms with E-state index in [-0.39, 0.29) is 5.89 Å². The van der Waals surface area contributed by atoms with E-state index in [9.17, 15) is 0 Å². The Labute approximate surface area is 122 Å². The second-order valence-corrected chi connectivity index (χ2v) is 5.03. The molecule has 1 aromatic carbocycles. The van der Waals surface area contributed by atoms with Crippen molar-refractivity contribution in [1.29, 1.82) is 5.26 Å². The number of nitrogens with zero attached hydrogens (tertiary/aromatic N) is 4. The van der Waals surface area contributed by atoms with Crippen LogP contribution in [0.15, 0.2) is 33.4 Å². The third-order valence-electron chi connectivity index (χ3n) is 2.77. The summed E-state index contributed by atoms with van der Waals surface area (Å²) in [6, 6.07) is 7.84. The van der Waals surface area contributed by atoms with E-state index < -0.39 is 0 Å². The maximum Gasteiger partial charge on any atom is 0.262 e. The predicted octanol–water partition coefficient (Wildman–Crippen LogP) is 3.07. The lowest BCUT2D eigenvalue weighted by molar-refractivity contribution is 0.432. The molecule has 0 aliphatic carbocycles. The molecule has 0 radical (unpaired) electrons. The molecule has 3 aromatic rings. The Balaban J connectivity index is 2.05. The minimum atomic E-state index is 0.262. The summed E-state index contributed by atoms with van der Waals surface area (Å²) >= 11 is 3.48. The quantitative estimate of drug-likeness (QED) is 0.780. The van der Waals surface area contributed by atoms with Gasteiger partial charge in [0.1, 0.15) is 11.8 Å². The molecule has 2 aromatic heterocycles. The zero-order chi connectivity index (χ0) is 14.1. The van der Waals surface area contributed by atoms with Crippen molar-refractivity contribution in [3.05, 3.63) is 40.1 Å². The molecule has 20 heavy (non-hydrogen) atoms. The van der Waals surface area contributed by atoms with Crippen LogP contribution in [0.4, 0.5) is 0 Å². The number of hydrogen-bond acceptors (Lipinski definition) is 5. The summed E-state index contributed by atoms with van der Waals surface area (Å²) in [5.41, 5.74) is 2.75. The van der Waals surface area contributed by atoms with Crippen LogP contribution < -0.4 is 0 Å². The standard InChI is InChI=1S/C13H8BrN5O/c1-7-2-3-8(10(14)4-7)12-17-13(20-19-12)9-6-16-18-11(9)5-15/h2-4,6H,1H3,(H,16,18). The molecule has 3 rings (SSSR count). The molecule has 6 nitrogen and oxygen atoms in total. The first-order valence-corrected chi connectivity index (χ1v) is 6.52. The summed E-state index contributed by atoms with van der Waals surface area (Å²) in [7, 11) is 0. The number of aryl methyl sites for hydroxylation is 1. The fourth-order valence-electron chi connectivity index (χ4n) is 1.78. The highest BCUT2D eigenvalue weighted by molar-refractivity contribution is 9.10. The molecule has 0 spiro atoms. The molecule has 1 N–H and O–H groups in total. The molecule has 0 unspecified atom stereocenters. The number of aromatic amines is 1. The van der Waals surface area contributed by atoms with E-state index in [1.165, 1.54) is 6.20 Å². The number of nitriles is 1. The maximum absolute atomic E-state index is 8.95. The normalized spacial score (nSPS) is 10.4. The van der Waals surface area contributed by atoms with Gasteiger partial charge in [0.05, 0.1) is 11.8 Å². The lowest BCUT2D eigenvalue weighted by Crippen LogP contribution is -1.84. The van der Waals surface area contributed by atoms with Crippen LogP contribution in [0.2, 0.25) is 0 Å². The van der Waals surface area contributed by atoms with Crippen LogP contribution >= 0.6 is 15.9 Å².